The largest absolute Gasteiger partial charge is 2.00 e. The van der Waals surface area contributed by atoms with Crippen molar-refractivity contribution < 1.29 is 127 Å². The maximum Gasteiger partial charge on any atom is 2.00 e. The number of hydrogen-bond donors (Lipinski definition) is 3. The summed E-state index contributed by atoms with van der Waals surface area (Å²) >= 11 is 0.569. The van der Waals surface area contributed by atoms with Crippen LogP contribution in [-0.2, 0) is 39.5 Å². The van der Waals surface area contributed by atoms with E-state index in [0.29, 0.717) is 12.7 Å². The smallest absolute Gasteiger partial charge is 2.00 e. The first kappa shape index (κ1) is 164. The summed E-state index contributed by atoms with van der Waals surface area (Å²) in [5.41, 5.74) is 0. The summed E-state index contributed by atoms with van der Waals surface area (Å²) in [5.74, 6) is 0. The van der Waals surface area contributed by atoms with E-state index < -0.39 is 17.7 Å². The van der Waals surface area contributed by atoms with Crippen LogP contribution >= 0.6 is 20.4 Å². The molecule has 0 unspecified atom stereocenters. The minimum Gasteiger partial charge on any atom is 2.00 e. The summed E-state index contributed by atoms with van der Waals surface area (Å²) in [7, 11) is 2.07. The van der Waals surface area contributed by atoms with Crippen LogP contribution in [0, 0.1) is 0 Å². The standard InChI is InChI=1S/BH3O3.2ClH.2Ni.H2O4S.12H2O/c2-1(3)4;;;;;1-5(2,3)4;;;;;;;;;;;;/h2-4H;2*1H;;;(H2,1,2,3,4);12*1H2/q;;;2*+2;;;;;;;;;;;;;/p-4. The van der Waals surface area contributed by atoms with Crippen molar-refractivity contribution in [2.24, 2.45) is 0 Å². The first-order valence-corrected chi connectivity index (χ1v) is 5.73. The third-order valence-electron chi connectivity index (χ3n) is 0. The fourth-order valence-corrected chi connectivity index (χ4v) is 0. The van der Waals surface area contributed by atoms with Gasteiger partial charge in [-0.15, -0.1) is 0 Å². The van der Waals surface area contributed by atoms with Gasteiger partial charge in [-0.2, -0.15) is 0 Å². The van der Waals surface area contributed by atoms with Gasteiger partial charge in [0.15, 0.2) is 0 Å². The van der Waals surface area contributed by atoms with Gasteiger partial charge >= 0.3 is 56.9 Å². The van der Waals surface area contributed by atoms with E-state index >= 15 is 0 Å². The summed E-state index contributed by atoms with van der Waals surface area (Å²) in [5, 5.41) is 21.5. The Morgan fingerprint density at radius 3 is 0.640 bits per heavy atom. The normalized spacial score (nSPS) is 4.28. The molecule has 0 fully saturated rings. The van der Waals surface area contributed by atoms with Crippen LogP contribution in [0.5, 0.6) is 0 Å². The molecule has 0 heterocycles. The van der Waals surface area contributed by atoms with Gasteiger partial charge in [-0.3, -0.25) is 8.42 Å². The Labute approximate surface area is 165 Å². The third kappa shape index (κ3) is 16100. The molecule has 0 aliphatic heterocycles. The zero-order chi connectivity index (χ0) is 10.8. The van der Waals surface area contributed by atoms with Crippen molar-refractivity contribution in [1.82, 2.24) is 0 Å². The van der Waals surface area contributed by atoms with Crippen molar-refractivity contribution in [2.75, 3.05) is 0 Å². The molecule has 0 saturated heterocycles. The second-order valence-electron chi connectivity index (χ2n) is 0.800. The Morgan fingerprint density at radius 1 is 0.640 bits per heavy atom. The maximum atomic E-state index is 8.52. The molecule has 184 valence electrons. The molecule has 0 radical (unpaired) electrons. The summed E-state index contributed by atoms with van der Waals surface area (Å²) < 4.78 is 34.1. The SMILES string of the molecule is O.O.O.O.O.O.O.O.O.O.O.O.O=S(=O)([O-])[O-].OB(O)O.[Cl][Ni][Cl].[Ni+2]. The topological polar surface area (TPSA) is 519 Å². The van der Waals surface area contributed by atoms with Crippen LogP contribution in [0.4, 0.5) is 0 Å². The van der Waals surface area contributed by atoms with Crippen LogP contribution in [0.15, 0.2) is 0 Å². The van der Waals surface area contributed by atoms with E-state index in [0.717, 1.165) is 0 Å². The second-order valence-corrected chi connectivity index (χ2v) is 3.25. The zero-order valence-electron chi connectivity index (χ0n) is 11.3. The van der Waals surface area contributed by atoms with Gasteiger partial charge < -0.3 is 89.9 Å². The predicted molar refractivity (Wildman–Crippen MR) is 78.0 cm³/mol. The van der Waals surface area contributed by atoms with E-state index in [2.05, 4.69) is 0 Å². The number of rotatable bonds is 0. The Balaban J connectivity index is -0.00000000279. The molecule has 19 nitrogen and oxygen atoms in total. The van der Waals surface area contributed by atoms with Crippen LogP contribution < -0.4 is 0 Å². The summed E-state index contributed by atoms with van der Waals surface area (Å²) in [6, 6.07) is 0. The van der Waals surface area contributed by atoms with E-state index in [4.69, 9.17) is 53.0 Å². The van der Waals surface area contributed by atoms with Gasteiger partial charge in [0.2, 0.25) is 0 Å². The van der Waals surface area contributed by atoms with E-state index in [1.165, 1.54) is 0 Å². The molecule has 27 N–H and O–H groups in total. The first-order chi connectivity index (χ1) is 5.15. The monoisotopic (exact) mass is 560 g/mol. The van der Waals surface area contributed by atoms with E-state index in [1.807, 2.05) is 0 Å². The second kappa shape index (κ2) is 120. The molecule has 0 aliphatic carbocycles. The number of hydrogen-bond acceptors (Lipinski definition) is 7. The molecule has 25 heteroatoms. The zero-order valence-corrected chi connectivity index (χ0v) is 15.7. The molecule has 0 aliphatic rings. The minimum atomic E-state index is -5.17. The Kier molecular flexibility index (Phi) is 784. The van der Waals surface area contributed by atoms with E-state index in [-0.39, 0.29) is 82.2 Å². The molecule has 0 aromatic heterocycles. The first-order valence-electron chi connectivity index (χ1n) is 1.68. The van der Waals surface area contributed by atoms with Crippen LogP contribution in [-0.4, -0.2) is 106 Å². The summed E-state index contributed by atoms with van der Waals surface area (Å²) in [6.07, 6.45) is 0. The molecule has 0 atom stereocenters. The van der Waals surface area contributed by atoms with Crippen molar-refractivity contribution in [3.8, 4) is 0 Å². The fourth-order valence-electron chi connectivity index (χ4n) is 0. The maximum absolute atomic E-state index is 8.52. The van der Waals surface area contributed by atoms with Gasteiger partial charge in [0.1, 0.15) is 0 Å². The molecular formula is H27BCl2Ni2O19S. The molecular weight excluding hydrogens is 535 g/mol. The van der Waals surface area contributed by atoms with Gasteiger partial charge in [-0.05, 0) is 0 Å². The van der Waals surface area contributed by atoms with Crippen molar-refractivity contribution in [3.63, 3.8) is 0 Å². The summed E-state index contributed by atoms with van der Waals surface area (Å²) in [4.78, 5) is 0. The molecule has 0 rings (SSSR count). The van der Waals surface area contributed by atoms with Crippen molar-refractivity contribution in [1.29, 1.82) is 0 Å². The van der Waals surface area contributed by atoms with Crippen molar-refractivity contribution >= 4 is 38.1 Å². The quantitative estimate of drug-likeness (QED) is 0.145. The van der Waals surface area contributed by atoms with Crippen molar-refractivity contribution in [2.45, 2.75) is 0 Å². The predicted octanol–water partition coefficient (Wildman–Crippen LogP) is -11.9. The molecule has 0 spiro atoms. The number of halogens is 2. The molecule has 0 aromatic rings. The Hall–Kier alpha value is 0.902. The van der Waals surface area contributed by atoms with Crippen LogP contribution in [0.2, 0.25) is 0 Å². The van der Waals surface area contributed by atoms with Gasteiger partial charge in [-0.25, -0.2) is 0 Å². The molecule has 25 heavy (non-hydrogen) atoms. The van der Waals surface area contributed by atoms with Crippen LogP contribution in [0.1, 0.15) is 0 Å². The van der Waals surface area contributed by atoms with Gasteiger partial charge in [0, 0.05) is 10.4 Å². The average molecular weight is 562 g/mol. The third-order valence-corrected chi connectivity index (χ3v) is 0. The van der Waals surface area contributed by atoms with Gasteiger partial charge in [-0.1, -0.05) is 0 Å². The molecule has 0 amide bonds. The molecule has 0 saturated carbocycles. The average Bonchev–Trinajstić information content (AvgIpc) is 1.56. The van der Waals surface area contributed by atoms with Gasteiger partial charge in [0.25, 0.3) is 0 Å². The Bertz CT molecular complexity index is 154. The van der Waals surface area contributed by atoms with Crippen molar-refractivity contribution in [3.05, 3.63) is 0 Å². The Morgan fingerprint density at radius 2 is 0.640 bits per heavy atom. The summed E-state index contributed by atoms with van der Waals surface area (Å²) in [6.45, 7) is 0. The van der Waals surface area contributed by atoms with E-state index in [1.54, 1.807) is 0 Å². The van der Waals surface area contributed by atoms with Crippen LogP contribution in [0.3, 0.4) is 0 Å². The molecule has 0 bridgehead atoms. The van der Waals surface area contributed by atoms with Gasteiger partial charge in [0.05, 0.1) is 0 Å². The van der Waals surface area contributed by atoms with Crippen LogP contribution in [0.25, 0.3) is 0 Å². The molecule has 0 aromatic carbocycles. The fraction of sp³-hybridized carbons (Fsp3) is 0. The van der Waals surface area contributed by atoms with E-state index in [9.17, 15) is 0 Å². The minimum absolute atomic E-state index is 0.